The predicted molar refractivity (Wildman–Crippen MR) is 70.4 cm³/mol. The molecule has 0 unspecified atom stereocenters. The van der Waals surface area contributed by atoms with Crippen LogP contribution in [0.1, 0.15) is 21.5 Å². The molecular weight excluding hydrogens is 244 g/mol. The quantitative estimate of drug-likeness (QED) is 0.741. The van der Waals surface area contributed by atoms with Gasteiger partial charge in [0.1, 0.15) is 0 Å². The fourth-order valence-electron chi connectivity index (χ4n) is 1.57. The Balaban J connectivity index is 1.85. The Hall–Kier alpha value is -2.47. The van der Waals surface area contributed by atoms with Crippen LogP contribution in [0.3, 0.4) is 0 Å². The summed E-state index contributed by atoms with van der Waals surface area (Å²) in [6.45, 7) is 1.27. The zero-order valence-corrected chi connectivity index (χ0v) is 10.2. The lowest BCUT2D eigenvalue weighted by atomic mass is 10.1. The highest BCUT2D eigenvalue weighted by atomic mass is 16.4. The lowest BCUT2D eigenvalue weighted by Crippen LogP contribution is -2.13. The third kappa shape index (κ3) is 3.75. The largest absolute Gasteiger partial charge is 0.478 e. The zero-order chi connectivity index (χ0) is 13.7. The van der Waals surface area contributed by atoms with Gasteiger partial charge in [0.05, 0.1) is 5.56 Å². The minimum atomic E-state index is -0.918. The maximum Gasteiger partial charge on any atom is 0.335 e. The van der Waals surface area contributed by atoms with Crippen molar-refractivity contribution in [3.05, 3.63) is 53.3 Å². The third-order valence-electron chi connectivity index (χ3n) is 2.58. The Morgan fingerprint density at radius 1 is 1.11 bits per heavy atom. The SMILES string of the molecule is Nc1ncc(CNCc2ccc(C(=O)O)cc2)cn1. The van der Waals surface area contributed by atoms with Gasteiger partial charge in [0.15, 0.2) is 0 Å². The Labute approximate surface area is 110 Å². The van der Waals surface area contributed by atoms with Gasteiger partial charge in [-0.25, -0.2) is 14.8 Å². The van der Waals surface area contributed by atoms with E-state index in [1.54, 1.807) is 36.7 Å². The van der Waals surface area contributed by atoms with E-state index in [4.69, 9.17) is 10.8 Å². The number of anilines is 1. The lowest BCUT2D eigenvalue weighted by molar-refractivity contribution is 0.0697. The Kier molecular flexibility index (Phi) is 4.04. The second-order valence-electron chi connectivity index (χ2n) is 4.06. The van der Waals surface area contributed by atoms with Gasteiger partial charge in [-0.1, -0.05) is 12.1 Å². The number of hydrogen-bond acceptors (Lipinski definition) is 5. The predicted octanol–water partition coefficient (Wildman–Crippen LogP) is 1.05. The van der Waals surface area contributed by atoms with Crippen molar-refractivity contribution in [2.45, 2.75) is 13.1 Å². The molecule has 0 saturated carbocycles. The van der Waals surface area contributed by atoms with Crippen molar-refractivity contribution in [1.82, 2.24) is 15.3 Å². The summed E-state index contributed by atoms with van der Waals surface area (Å²) in [5.74, 6) is -0.661. The second-order valence-corrected chi connectivity index (χ2v) is 4.06. The normalized spacial score (nSPS) is 10.3. The molecule has 0 atom stereocenters. The summed E-state index contributed by atoms with van der Waals surface area (Å²) in [5, 5.41) is 12.0. The van der Waals surface area contributed by atoms with Crippen LogP contribution in [0.5, 0.6) is 0 Å². The number of benzene rings is 1. The van der Waals surface area contributed by atoms with E-state index in [1.807, 2.05) is 0 Å². The number of aromatic nitrogens is 2. The standard InChI is InChI=1S/C13H14N4O2/c14-13-16-7-10(8-17-13)6-15-5-9-1-3-11(4-2-9)12(18)19/h1-4,7-8,15H,5-6H2,(H,18,19)(H2,14,16,17). The summed E-state index contributed by atoms with van der Waals surface area (Å²) >= 11 is 0. The van der Waals surface area contributed by atoms with E-state index in [2.05, 4.69) is 15.3 Å². The van der Waals surface area contributed by atoms with Crippen molar-refractivity contribution < 1.29 is 9.90 Å². The van der Waals surface area contributed by atoms with Crippen LogP contribution in [0.15, 0.2) is 36.7 Å². The molecule has 19 heavy (non-hydrogen) atoms. The molecule has 0 amide bonds. The number of hydrogen-bond donors (Lipinski definition) is 3. The average Bonchev–Trinajstić information content (AvgIpc) is 2.41. The van der Waals surface area contributed by atoms with E-state index in [0.29, 0.717) is 13.1 Å². The first-order chi connectivity index (χ1) is 9.15. The summed E-state index contributed by atoms with van der Waals surface area (Å²) in [7, 11) is 0. The second kappa shape index (κ2) is 5.92. The number of carbonyl (C=O) groups is 1. The molecule has 0 aliphatic rings. The fourth-order valence-corrected chi connectivity index (χ4v) is 1.57. The number of nitrogens with zero attached hydrogens (tertiary/aromatic N) is 2. The van der Waals surface area contributed by atoms with Crippen LogP contribution >= 0.6 is 0 Å². The van der Waals surface area contributed by atoms with Gasteiger partial charge in [-0.15, -0.1) is 0 Å². The van der Waals surface area contributed by atoms with Crippen molar-refractivity contribution in [3.63, 3.8) is 0 Å². The number of nitrogen functional groups attached to an aromatic ring is 1. The number of nitrogens with two attached hydrogens (primary N) is 1. The topological polar surface area (TPSA) is 101 Å². The molecule has 6 nitrogen and oxygen atoms in total. The van der Waals surface area contributed by atoms with Gasteiger partial charge >= 0.3 is 5.97 Å². The molecule has 0 saturated heterocycles. The number of nitrogens with one attached hydrogen (secondary N) is 1. The Morgan fingerprint density at radius 3 is 2.26 bits per heavy atom. The van der Waals surface area contributed by atoms with Gasteiger partial charge in [-0.2, -0.15) is 0 Å². The molecule has 2 aromatic rings. The van der Waals surface area contributed by atoms with Crippen molar-refractivity contribution in [2.24, 2.45) is 0 Å². The van der Waals surface area contributed by atoms with Crippen LogP contribution < -0.4 is 11.1 Å². The first-order valence-electron chi connectivity index (χ1n) is 5.74. The molecule has 6 heteroatoms. The minimum absolute atomic E-state index is 0.257. The van der Waals surface area contributed by atoms with Gasteiger partial charge in [0.2, 0.25) is 5.95 Å². The molecule has 2 rings (SSSR count). The van der Waals surface area contributed by atoms with E-state index < -0.39 is 5.97 Å². The lowest BCUT2D eigenvalue weighted by Gasteiger charge is -2.05. The third-order valence-corrected chi connectivity index (χ3v) is 2.58. The minimum Gasteiger partial charge on any atom is -0.478 e. The van der Waals surface area contributed by atoms with E-state index in [0.717, 1.165) is 11.1 Å². The molecule has 98 valence electrons. The summed E-state index contributed by atoms with van der Waals surface area (Å²) in [6, 6.07) is 6.75. The van der Waals surface area contributed by atoms with Crippen molar-refractivity contribution >= 4 is 11.9 Å². The number of carboxylic acid groups (broad SMARTS) is 1. The van der Waals surface area contributed by atoms with Crippen LogP contribution in [-0.2, 0) is 13.1 Å². The summed E-state index contributed by atoms with van der Waals surface area (Å²) in [4.78, 5) is 18.5. The Bertz CT molecular complexity index is 552. The molecule has 1 heterocycles. The molecular formula is C13H14N4O2. The van der Waals surface area contributed by atoms with Crippen LogP contribution in [-0.4, -0.2) is 21.0 Å². The van der Waals surface area contributed by atoms with Gasteiger partial charge in [0, 0.05) is 31.0 Å². The monoisotopic (exact) mass is 258 g/mol. The highest BCUT2D eigenvalue weighted by molar-refractivity contribution is 5.87. The average molecular weight is 258 g/mol. The molecule has 0 bridgehead atoms. The molecule has 0 aliphatic heterocycles. The van der Waals surface area contributed by atoms with E-state index in [9.17, 15) is 4.79 Å². The smallest absolute Gasteiger partial charge is 0.335 e. The van der Waals surface area contributed by atoms with Gasteiger partial charge in [-0.3, -0.25) is 0 Å². The number of aromatic carboxylic acids is 1. The van der Waals surface area contributed by atoms with Crippen LogP contribution in [0.4, 0.5) is 5.95 Å². The fraction of sp³-hybridized carbons (Fsp3) is 0.154. The van der Waals surface area contributed by atoms with E-state index in [-0.39, 0.29) is 11.5 Å². The van der Waals surface area contributed by atoms with Crippen molar-refractivity contribution in [1.29, 1.82) is 0 Å². The molecule has 0 spiro atoms. The van der Waals surface area contributed by atoms with Gasteiger partial charge in [0.25, 0.3) is 0 Å². The summed E-state index contributed by atoms with van der Waals surface area (Å²) in [5.41, 5.74) is 7.64. The maximum atomic E-state index is 10.7. The molecule has 1 aromatic heterocycles. The molecule has 0 radical (unpaired) electrons. The van der Waals surface area contributed by atoms with E-state index >= 15 is 0 Å². The highest BCUT2D eigenvalue weighted by Gasteiger charge is 2.01. The molecule has 1 aromatic carbocycles. The first kappa shape index (κ1) is 13.0. The maximum absolute atomic E-state index is 10.7. The van der Waals surface area contributed by atoms with E-state index in [1.165, 1.54) is 0 Å². The van der Waals surface area contributed by atoms with Crippen molar-refractivity contribution in [3.8, 4) is 0 Å². The summed E-state index contributed by atoms with van der Waals surface area (Å²) in [6.07, 6.45) is 3.34. The molecule has 0 aliphatic carbocycles. The van der Waals surface area contributed by atoms with Gasteiger partial charge < -0.3 is 16.2 Å². The van der Waals surface area contributed by atoms with Crippen LogP contribution in [0.2, 0.25) is 0 Å². The zero-order valence-electron chi connectivity index (χ0n) is 10.2. The van der Waals surface area contributed by atoms with Crippen LogP contribution in [0, 0.1) is 0 Å². The Morgan fingerprint density at radius 2 is 1.68 bits per heavy atom. The number of carboxylic acids is 1. The first-order valence-corrected chi connectivity index (χ1v) is 5.74. The van der Waals surface area contributed by atoms with Crippen LogP contribution in [0.25, 0.3) is 0 Å². The van der Waals surface area contributed by atoms with Gasteiger partial charge in [-0.05, 0) is 17.7 Å². The number of rotatable bonds is 5. The highest BCUT2D eigenvalue weighted by Crippen LogP contribution is 2.05. The summed E-state index contributed by atoms with van der Waals surface area (Å²) < 4.78 is 0. The van der Waals surface area contributed by atoms with Crippen molar-refractivity contribution in [2.75, 3.05) is 5.73 Å². The molecule has 0 fully saturated rings. The molecule has 4 N–H and O–H groups in total.